The van der Waals surface area contributed by atoms with Crippen molar-refractivity contribution in [1.29, 1.82) is 0 Å². The maximum atomic E-state index is 13.0. The van der Waals surface area contributed by atoms with E-state index in [-0.39, 0.29) is 17.1 Å². The van der Waals surface area contributed by atoms with Gasteiger partial charge in [-0.2, -0.15) is 0 Å². The van der Waals surface area contributed by atoms with Crippen molar-refractivity contribution in [3.8, 4) is 5.75 Å². The fourth-order valence-corrected chi connectivity index (χ4v) is 3.69. The second-order valence-electron chi connectivity index (χ2n) is 6.74. The van der Waals surface area contributed by atoms with Crippen molar-refractivity contribution in [3.05, 3.63) is 99.5 Å². The molecule has 0 spiro atoms. The number of hydrogen-bond donors (Lipinski definition) is 2. The van der Waals surface area contributed by atoms with Gasteiger partial charge in [-0.25, -0.2) is 0 Å². The highest BCUT2D eigenvalue weighted by atomic mass is 35.5. The van der Waals surface area contributed by atoms with Crippen LogP contribution in [0.2, 0.25) is 10.0 Å². The molecular weight excluding hydrogens is 425 g/mol. The van der Waals surface area contributed by atoms with Gasteiger partial charge in [0.2, 0.25) is 0 Å². The van der Waals surface area contributed by atoms with Crippen LogP contribution in [0.4, 0.5) is 5.69 Å². The lowest BCUT2D eigenvalue weighted by molar-refractivity contribution is -0.132. The molecule has 1 amide bonds. The lowest BCUT2D eigenvalue weighted by Gasteiger charge is -2.25. The van der Waals surface area contributed by atoms with Crippen molar-refractivity contribution in [3.63, 3.8) is 0 Å². The number of Topliss-reactive ketones (excluding diaryl/α,β-unsaturated/α-hetero) is 1. The van der Waals surface area contributed by atoms with E-state index >= 15 is 0 Å². The van der Waals surface area contributed by atoms with Gasteiger partial charge in [0.15, 0.2) is 0 Å². The molecule has 0 bridgehead atoms. The first-order valence-corrected chi connectivity index (χ1v) is 9.74. The number of benzene rings is 3. The zero-order valence-electron chi connectivity index (χ0n) is 15.4. The van der Waals surface area contributed by atoms with Gasteiger partial charge in [-0.15, -0.1) is 0 Å². The minimum Gasteiger partial charge on any atom is -0.508 e. The Morgan fingerprint density at radius 1 is 0.800 bits per heavy atom. The van der Waals surface area contributed by atoms with Gasteiger partial charge in [0, 0.05) is 21.3 Å². The number of rotatable bonds is 3. The van der Waals surface area contributed by atoms with Crippen molar-refractivity contribution in [2.45, 2.75) is 6.04 Å². The largest absolute Gasteiger partial charge is 0.508 e. The highest BCUT2D eigenvalue weighted by Gasteiger charge is 2.46. The van der Waals surface area contributed by atoms with Crippen molar-refractivity contribution in [2.24, 2.45) is 0 Å². The van der Waals surface area contributed by atoms with Crippen LogP contribution in [0.15, 0.2) is 78.4 Å². The van der Waals surface area contributed by atoms with E-state index in [2.05, 4.69) is 0 Å². The molecule has 4 rings (SSSR count). The summed E-state index contributed by atoms with van der Waals surface area (Å²) in [5.74, 6) is -1.86. The van der Waals surface area contributed by atoms with Crippen LogP contribution in [0.3, 0.4) is 0 Å². The van der Waals surface area contributed by atoms with Gasteiger partial charge >= 0.3 is 0 Å². The molecule has 3 aromatic rings. The van der Waals surface area contributed by atoms with Crippen molar-refractivity contribution in [1.82, 2.24) is 0 Å². The molecule has 7 heteroatoms. The van der Waals surface area contributed by atoms with Crippen LogP contribution in [0, 0.1) is 0 Å². The summed E-state index contributed by atoms with van der Waals surface area (Å²) in [4.78, 5) is 27.2. The minimum atomic E-state index is -0.873. The molecule has 0 saturated carbocycles. The molecule has 1 saturated heterocycles. The summed E-state index contributed by atoms with van der Waals surface area (Å²) in [5, 5.41) is 21.5. The van der Waals surface area contributed by atoms with E-state index in [0.29, 0.717) is 26.9 Å². The van der Waals surface area contributed by atoms with E-state index in [1.807, 2.05) is 0 Å². The van der Waals surface area contributed by atoms with Crippen LogP contribution < -0.4 is 4.90 Å². The monoisotopic (exact) mass is 439 g/mol. The Morgan fingerprint density at radius 3 is 1.90 bits per heavy atom. The third kappa shape index (κ3) is 3.54. The predicted molar refractivity (Wildman–Crippen MR) is 116 cm³/mol. The summed E-state index contributed by atoms with van der Waals surface area (Å²) < 4.78 is 0. The second kappa shape index (κ2) is 7.86. The fourth-order valence-electron chi connectivity index (χ4n) is 3.44. The Labute approximate surface area is 182 Å². The van der Waals surface area contributed by atoms with Gasteiger partial charge in [-0.05, 0) is 66.2 Å². The quantitative estimate of drug-likeness (QED) is 0.328. The van der Waals surface area contributed by atoms with Crippen molar-refractivity contribution in [2.75, 3.05) is 4.90 Å². The number of phenols is 1. The number of phenolic OH excluding ortho intramolecular Hbond substituents is 1. The molecule has 5 nitrogen and oxygen atoms in total. The first-order chi connectivity index (χ1) is 14.4. The molecule has 1 aliphatic rings. The molecule has 1 aliphatic heterocycles. The van der Waals surface area contributed by atoms with Gasteiger partial charge in [0.1, 0.15) is 11.5 Å². The van der Waals surface area contributed by atoms with E-state index in [1.165, 1.54) is 29.2 Å². The van der Waals surface area contributed by atoms with E-state index in [9.17, 15) is 19.8 Å². The number of amides is 1. The Kier molecular flexibility index (Phi) is 5.24. The van der Waals surface area contributed by atoms with Crippen LogP contribution in [-0.2, 0) is 9.59 Å². The number of carbonyl (C=O) groups is 2. The van der Waals surface area contributed by atoms with Crippen LogP contribution in [0.25, 0.3) is 5.76 Å². The number of aliphatic hydroxyl groups is 1. The summed E-state index contributed by atoms with van der Waals surface area (Å²) in [6, 6.07) is 18.1. The molecule has 1 heterocycles. The number of carbonyl (C=O) groups excluding carboxylic acids is 2. The topological polar surface area (TPSA) is 77.8 Å². The zero-order chi connectivity index (χ0) is 21.4. The Bertz CT molecular complexity index is 1150. The summed E-state index contributed by atoms with van der Waals surface area (Å²) in [5.41, 5.74) is 1.33. The number of hydrogen-bond acceptors (Lipinski definition) is 4. The lowest BCUT2D eigenvalue weighted by atomic mass is 9.95. The number of anilines is 1. The van der Waals surface area contributed by atoms with Gasteiger partial charge in [-0.3, -0.25) is 14.5 Å². The molecule has 1 atom stereocenters. The first-order valence-electron chi connectivity index (χ1n) is 8.98. The van der Waals surface area contributed by atoms with E-state index in [0.717, 1.165) is 0 Å². The molecule has 0 aromatic heterocycles. The maximum Gasteiger partial charge on any atom is 0.300 e. The van der Waals surface area contributed by atoms with Crippen molar-refractivity contribution < 1.29 is 19.8 Å². The third-order valence-corrected chi connectivity index (χ3v) is 5.38. The SMILES string of the molecule is O=C1C(=O)N(c2ccc(O)cc2)C(c2ccc(Cl)cc2)C1=C(O)c1ccc(Cl)cc1. The molecule has 3 aromatic carbocycles. The predicted octanol–water partition coefficient (Wildman–Crippen LogP) is 5.33. The third-order valence-electron chi connectivity index (χ3n) is 4.88. The summed E-state index contributed by atoms with van der Waals surface area (Å²) >= 11 is 11.9. The Morgan fingerprint density at radius 2 is 1.33 bits per heavy atom. The summed E-state index contributed by atoms with van der Waals surface area (Å²) in [7, 11) is 0. The average Bonchev–Trinajstić information content (AvgIpc) is 3.00. The molecule has 1 fully saturated rings. The Balaban J connectivity index is 1.93. The molecule has 1 unspecified atom stereocenters. The average molecular weight is 440 g/mol. The molecule has 0 radical (unpaired) electrons. The van der Waals surface area contributed by atoms with E-state index < -0.39 is 17.7 Å². The van der Waals surface area contributed by atoms with Crippen molar-refractivity contribution >= 4 is 46.3 Å². The maximum absolute atomic E-state index is 13.0. The van der Waals surface area contributed by atoms with Gasteiger partial charge in [0.25, 0.3) is 11.7 Å². The lowest BCUT2D eigenvalue weighted by Crippen LogP contribution is -2.29. The van der Waals surface area contributed by atoms with E-state index in [4.69, 9.17) is 23.2 Å². The number of ketones is 1. The first kappa shape index (κ1) is 20.0. The number of aromatic hydroxyl groups is 1. The zero-order valence-corrected chi connectivity index (χ0v) is 16.9. The van der Waals surface area contributed by atoms with Crippen LogP contribution >= 0.6 is 23.2 Å². The molecular formula is C23H15Cl2NO4. The van der Waals surface area contributed by atoms with Gasteiger partial charge < -0.3 is 10.2 Å². The van der Waals surface area contributed by atoms with Gasteiger partial charge in [0.05, 0.1) is 11.6 Å². The summed E-state index contributed by atoms with van der Waals surface area (Å²) in [6.07, 6.45) is 0. The smallest absolute Gasteiger partial charge is 0.300 e. The molecule has 30 heavy (non-hydrogen) atoms. The Hall–Kier alpha value is -3.28. The van der Waals surface area contributed by atoms with E-state index in [1.54, 1.807) is 48.5 Å². The molecule has 150 valence electrons. The minimum absolute atomic E-state index is 0.0274. The number of halogens is 2. The normalized spacial score (nSPS) is 18.1. The standard InChI is InChI=1S/C23H15Cl2NO4/c24-15-5-1-13(2-6-15)20-19(21(28)14-3-7-16(25)8-4-14)22(29)23(30)26(20)17-9-11-18(27)12-10-17/h1-12,20,27-28H. The van der Waals surface area contributed by atoms with Crippen LogP contribution in [0.5, 0.6) is 5.75 Å². The van der Waals surface area contributed by atoms with Crippen LogP contribution in [-0.4, -0.2) is 21.9 Å². The molecule has 2 N–H and O–H groups in total. The molecule has 0 aliphatic carbocycles. The number of aliphatic hydroxyl groups excluding tert-OH is 1. The highest BCUT2D eigenvalue weighted by Crippen LogP contribution is 2.42. The fraction of sp³-hybridized carbons (Fsp3) is 0.0435. The number of nitrogens with zero attached hydrogens (tertiary/aromatic N) is 1. The van der Waals surface area contributed by atoms with Gasteiger partial charge in [-0.1, -0.05) is 35.3 Å². The summed E-state index contributed by atoms with van der Waals surface area (Å²) in [6.45, 7) is 0. The highest BCUT2D eigenvalue weighted by molar-refractivity contribution is 6.51. The van der Waals surface area contributed by atoms with Crippen LogP contribution in [0.1, 0.15) is 17.2 Å². The second-order valence-corrected chi connectivity index (χ2v) is 7.62.